The molecule has 0 saturated carbocycles. The fourth-order valence-electron chi connectivity index (χ4n) is 1.78. The second-order valence-electron chi connectivity index (χ2n) is 4.17. The molecule has 99 valence electrons. The van der Waals surface area contributed by atoms with Crippen LogP contribution in [0.4, 0.5) is 10.5 Å². The number of hydrogen-bond donors (Lipinski definition) is 1. The molecule has 1 aliphatic rings. The zero-order valence-corrected chi connectivity index (χ0v) is 13.8. The normalized spacial score (nSPS) is 13.7. The fraction of sp³-hybridized carbons (Fsp3) is 0.385. The topological polar surface area (TPSA) is 44.6 Å². The smallest absolute Gasteiger partial charge is 0.317 e. The molecule has 2 rings (SSSR count). The van der Waals surface area contributed by atoms with E-state index in [0.29, 0.717) is 13.2 Å². The van der Waals surface area contributed by atoms with Gasteiger partial charge in [-0.1, -0.05) is 12.1 Å². The van der Waals surface area contributed by atoms with Crippen LogP contribution < -0.4 is 10.1 Å². The molecule has 1 radical (unpaired) electrons. The van der Waals surface area contributed by atoms with E-state index in [1.807, 2.05) is 24.3 Å². The Hall–Kier alpha value is -0.936. The molecule has 2 amide bonds. The third kappa shape index (κ3) is 4.58. The molecule has 5 nitrogen and oxygen atoms in total. The largest absolute Gasteiger partial charge is 0.492 e. The van der Waals surface area contributed by atoms with E-state index in [1.165, 1.54) is 0 Å². The molecule has 1 N–H and O–H groups in total. The van der Waals surface area contributed by atoms with Crippen LogP contribution in [0.2, 0.25) is 0 Å². The number of amides is 2. The van der Waals surface area contributed by atoms with Crippen LogP contribution in [-0.4, -0.2) is 55.5 Å². The van der Waals surface area contributed by atoms with Gasteiger partial charge in [-0.3, -0.25) is 0 Å². The average molecular weight is 336 g/mol. The summed E-state index contributed by atoms with van der Waals surface area (Å²) in [6.07, 6.45) is 0. The van der Waals surface area contributed by atoms with Crippen molar-refractivity contribution in [1.82, 2.24) is 10.2 Å². The summed E-state index contributed by atoms with van der Waals surface area (Å²) in [5.74, 6) is 0.778. The molecule has 1 heterocycles. The third-order valence-corrected chi connectivity index (χ3v) is 2.82. The Labute approximate surface area is 138 Å². The first-order valence-electron chi connectivity index (χ1n) is 5.91. The Morgan fingerprint density at radius 3 is 2.63 bits per heavy atom. The van der Waals surface area contributed by atoms with Crippen LogP contribution in [0.1, 0.15) is 0 Å². The number of nitrogens with one attached hydrogen (secondary N) is 1. The summed E-state index contributed by atoms with van der Waals surface area (Å²) >= 11 is 0. The van der Waals surface area contributed by atoms with Gasteiger partial charge in [0.2, 0.25) is 0 Å². The standard InChI is InChI=1S/C13H17N3O2.Y/c1-15(2)11-3-5-12(6-4-11)18-10-9-16-8-7-14-13(16)17;/h1,3-6H,7-10H2,2H3,(H,14,17);. The SMILES string of the molecule is [CH-]=[N+](C)c1ccc(OCCN2CCNC2=O)cc1.[Y]. The van der Waals surface area contributed by atoms with Crippen LogP contribution in [-0.2, 0) is 32.7 Å². The van der Waals surface area contributed by atoms with E-state index in [9.17, 15) is 4.79 Å². The minimum absolute atomic E-state index is 0. The van der Waals surface area contributed by atoms with E-state index in [-0.39, 0.29) is 38.7 Å². The van der Waals surface area contributed by atoms with Crippen molar-refractivity contribution in [1.29, 1.82) is 0 Å². The van der Waals surface area contributed by atoms with Gasteiger partial charge in [0.25, 0.3) is 0 Å². The predicted molar refractivity (Wildman–Crippen MR) is 68.8 cm³/mol. The summed E-state index contributed by atoms with van der Waals surface area (Å²) in [5.41, 5.74) is 0.918. The van der Waals surface area contributed by atoms with Crippen molar-refractivity contribution in [3.8, 4) is 5.75 Å². The molecule has 1 saturated heterocycles. The Balaban J connectivity index is 0.00000180. The first kappa shape index (κ1) is 16.1. The Morgan fingerprint density at radius 1 is 1.42 bits per heavy atom. The Morgan fingerprint density at radius 2 is 2.11 bits per heavy atom. The molecule has 0 atom stereocenters. The summed E-state index contributed by atoms with van der Waals surface area (Å²) < 4.78 is 7.11. The van der Waals surface area contributed by atoms with Gasteiger partial charge in [0, 0.05) is 52.5 Å². The van der Waals surface area contributed by atoms with Gasteiger partial charge < -0.3 is 19.5 Å². The molecule has 0 aromatic heterocycles. The van der Waals surface area contributed by atoms with Crippen LogP contribution in [0, 0.1) is 0 Å². The number of benzene rings is 1. The van der Waals surface area contributed by atoms with Crippen molar-refractivity contribution >= 4 is 18.4 Å². The molecule has 0 bridgehead atoms. The maximum atomic E-state index is 11.3. The number of rotatable bonds is 5. The van der Waals surface area contributed by atoms with Crippen molar-refractivity contribution in [2.45, 2.75) is 0 Å². The van der Waals surface area contributed by atoms with Gasteiger partial charge in [-0.05, 0) is 12.1 Å². The van der Waals surface area contributed by atoms with E-state index in [4.69, 9.17) is 11.5 Å². The van der Waals surface area contributed by atoms with Crippen molar-refractivity contribution < 1.29 is 46.8 Å². The maximum absolute atomic E-state index is 11.3. The van der Waals surface area contributed by atoms with Gasteiger partial charge in [-0.25, -0.2) is 4.79 Å². The molecule has 1 fully saturated rings. The van der Waals surface area contributed by atoms with E-state index in [1.54, 1.807) is 16.5 Å². The molecule has 1 aliphatic heterocycles. The zero-order chi connectivity index (χ0) is 13.0. The molecular weight excluding hydrogens is 319 g/mol. The van der Waals surface area contributed by atoms with Gasteiger partial charge in [0.05, 0.1) is 12.2 Å². The first-order valence-corrected chi connectivity index (χ1v) is 5.91. The maximum Gasteiger partial charge on any atom is 0.317 e. The van der Waals surface area contributed by atoms with Gasteiger partial charge in [-0.2, -0.15) is 0 Å². The molecule has 1 aromatic carbocycles. The van der Waals surface area contributed by atoms with Crippen molar-refractivity contribution in [2.75, 3.05) is 33.3 Å². The quantitative estimate of drug-likeness (QED) is 0.494. The second-order valence-corrected chi connectivity index (χ2v) is 4.17. The second kappa shape index (κ2) is 7.60. The van der Waals surface area contributed by atoms with E-state index in [2.05, 4.69) is 5.32 Å². The number of ether oxygens (including phenoxy) is 1. The molecule has 0 aliphatic carbocycles. The average Bonchev–Trinajstić information content (AvgIpc) is 2.76. The van der Waals surface area contributed by atoms with Crippen LogP contribution in [0.3, 0.4) is 0 Å². The van der Waals surface area contributed by atoms with Gasteiger partial charge in [0.15, 0.2) is 0 Å². The summed E-state index contributed by atoms with van der Waals surface area (Å²) in [6, 6.07) is 7.49. The Kier molecular flexibility index (Phi) is 6.45. The predicted octanol–water partition coefficient (Wildman–Crippen LogP) is 0.940. The summed E-state index contributed by atoms with van der Waals surface area (Å²) in [5, 5.41) is 2.75. The first-order chi connectivity index (χ1) is 8.66. The number of carbonyl (C=O) groups is 1. The monoisotopic (exact) mass is 336 g/mol. The number of nitrogens with zero attached hydrogens (tertiary/aromatic N) is 2. The van der Waals surface area contributed by atoms with Crippen molar-refractivity contribution in [3.63, 3.8) is 0 Å². The summed E-state index contributed by atoms with van der Waals surface area (Å²) in [7, 11) is 1.78. The van der Waals surface area contributed by atoms with E-state index in [0.717, 1.165) is 24.5 Å². The minimum atomic E-state index is -0.0151. The molecule has 0 unspecified atom stereocenters. The zero-order valence-electron chi connectivity index (χ0n) is 11.0. The van der Waals surface area contributed by atoms with Crippen molar-refractivity contribution in [2.24, 2.45) is 0 Å². The molecular formula is C13H17N3O2Y. The molecule has 0 spiro atoms. The van der Waals surface area contributed by atoms with Gasteiger partial charge in [0.1, 0.15) is 19.4 Å². The van der Waals surface area contributed by atoms with Gasteiger partial charge >= 0.3 is 6.03 Å². The van der Waals surface area contributed by atoms with Crippen LogP contribution in [0.15, 0.2) is 24.3 Å². The fourth-order valence-corrected chi connectivity index (χ4v) is 1.78. The van der Waals surface area contributed by atoms with Crippen LogP contribution in [0.5, 0.6) is 5.75 Å². The summed E-state index contributed by atoms with van der Waals surface area (Å²) in [4.78, 5) is 13.0. The Bertz CT molecular complexity index is 448. The molecule has 19 heavy (non-hydrogen) atoms. The van der Waals surface area contributed by atoms with E-state index >= 15 is 0 Å². The van der Waals surface area contributed by atoms with Crippen LogP contribution >= 0.6 is 0 Å². The minimum Gasteiger partial charge on any atom is -0.492 e. The molecule has 6 heteroatoms. The third-order valence-electron chi connectivity index (χ3n) is 2.82. The number of urea groups is 1. The van der Waals surface area contributed by atoms with Crippen molar-refractivity contribution in [3.05, 3.63) is 24.3 Å². The van der Waals surface area contributed by atoms with Crippen LogP contribution in [0.25, 0.3) is 0 Å². The van der Waals surface area contributed by atoms with Gasteiger partial charge in [-0.15, -0.1) is 0 Å². The number of hydrogen-bond acceptors (Lipinski definition) is 2. The molecule has 1 aromatic rings. The number of carbonyl (C=O) groups excluding carboxylic acids is 1. The van der Waals surface area contributed by atoms with E-state index < -0.39 is 0 Å². The summed E-state index contributed by atoms with van der Waals surface area (Å²) in [6.45, 7) is 8.16.